The highest BCUT2D eigenvalue weighted by atomic mass is 35.5. The van der Waals surface area contributed by atoms with Gasteiger partial charge in [0.05, 0.1) is 13.2 Å². The predicted octanol–water partition coefficient (Wildman–Crippen LogP) is 4.28. The first-order chi connectivity index (χ1) is 18.5. The summed E-state index contributed by atoms with van der Waals surface area (Å²) in [4.78, 5) is 41.9. The van der Waals surface area contributed by atoms with Gasteiger partial charge in [0.1, 0.15) is 5.54 Å². The van der Waals surface area contributed by atoms with Gasteiger partial charge in [0.25, 0.3) is 5.91 Å². The Morgan fingerprint density at radius 3 is 2.46 bits per heavy atom. The summed E-state index contributed by atoms with van der Waals surface area (Å²) < 4.78 is 4.88. The highest BCUT2D eigenvalue weighted by molar-refractivity contribution is 6.30. The largest absolute Gasteiger partial charge is 0.452 e. The molecule has 0 bridgehead atoms. The number of amides is 3. The van der Waals surface area contributed by atoms with Crippen molar-refractivity contribution in [2.75, 3.05) is 13.7 Å². The number of guanidine groups is 1. The molecule has 1 saturated heterocycles. The van der Waals surface area contributed by atoms with Gasteiger partial charge in [0.2, 0.25) is 5.91 Å². The molecule has 0 saturated carbocycles. The van der Waals surface area contributed by atoms with Crippen molar-refractivity contribution in [2.45, 2.75) is 64.1 Å². The van der Waals surface area contributed by atoms with Crippen LogP contribution in [0.4, 0.5) is 4.79 Å². The summed E-state index contributed by atoms with van der Waals surface area (Å²) in [5, 5.41) is 12.2. The molecule has 2 unspecified atom stereocenters. The Labute approximate surface area is 235 Å². The van der Waals surface area contributed by atoms with Crippen LogP contribution in [0.1, 0.15) is 51.2 Å². The summed E-state index contributed by atoms with van der Waals surface area (Å²) in [5.41, 5.74) is 6.79. The maximum absolute atomic E-state index is 13.7. The van der Waals surface area contributed by atoms with E-state index in [1.165, 1.54) is 12.0 Å². The molecule has 0 aromatic heterocycles. The summed E-state index contributed by atoms with van der Waals surface area (Å²) in [6.45, 7) is 6.09. The molecule has 2 aromatic carbocycles. The van der Waals surface area contributed by atoms with Crippen LogP contribution in [-0.2, 0) is 26.3 Å². The smallest absolute Gasteiger partial charge is 0.416 e. The molecule has 10 heteroatoms. The molecule has 3 rings (SSSR count). The van der Waals surface area contributed by atoms with Gasteiger partial charge in [-0.2, -0.15) is 0 Å². The SMILES string of the molecule is COC(=O)N(C(=O)[C@@H](N)Cc1cccc(Cl)c1)C(C)CCCN1C(=N)NC(CC(C)C)(c2ccccc2)C1=O. The fraction of sp³-hybridized carbons (Fsp3) is 0.448. The number of nitrogens with zero attached hydrogens (tertiary/aromatic N) is 2. The number of halogens is 1. The molecule has 0 spiro atoms. The van der Waals surface area contributed by atoms with Crippen LogP contribution in [0.5, 0.6) is 0 Å². The number of ether oxygens (including phenoxy) is 1. The lowest BCUT2D eigenvalue weighted by atomic mass is 9.82. The molecule has 1 aliphatic heterocycles. The van der Waals surface area contributed by atoms with Crippen LogP contribution in [-0.4, -0.2) is 59.4 Å². The molecule has 0 aliphatic carbocycles. The standard InChI is InChI=1S/C29H38ClN5O4/c1-19(2)18-29(22-12-6-5-7-13-22)26(37)34(27(32)33-29)15-9-10-20(3)35(28(38)39-4)25(36)24(31)17-21-11-8-14-23(30)16-21/h5-8,11-14,16,19-20,24H,9-10,15,17-18,31H2,1-4H3,(H2,32,33)/t20?,24-,29?/m0/s1. The van der Waals surface area contributed by atoms with Crippen LogP contribution in [0.15, 0.2) is 54.6 Å². The first-order valence-electron chi connectivity index (χ1n) is 13.2. The fourth-order valence-corrected chi connectivity index (χ4v) is 5.31. The zero-order valence-electron chi connectivity index (χ0n) is 22.9. The van der Waals surface area contributed by atoms with Gasteiger partial charge in [0, 0.05) is 17.6 Å². The third kappa shape index (κ3) is 6.96. The van der Waals surface area contributed by atoms with E-state index in [9.17, 15) is 14.4 Å². The Hall–Kier alpha value is -3.43. The first-order valence-corrected chi connectivity index (χ1v) is 13.5. The second-order valence-corrected chi connectivity index (χ2v) is 10.8. The van der Waals surface area contributed by atoms with Crippen molar-refractivity contribution in [3.05, 3.63) is 70.7 Å². The average Bonchev–Trinajstić information content (AvgIpc) is 3.13. The van der Waals surface area contributed by atoms with Gasteiger partial charge in [0.15, 0.2) is 5.96 Å². The number of hydrogen-bond donors (Lipinski definition) is 3. The number of nitrogens with one attached hydrogen (secondary N) is 2. The lowest BCUT2D eigenvalue weighted by molar-refractivity contribution is -0.133. The number of nitrogens with two attached hydrogens (primary N) is 1. The van der Waals surface area contributed by atoms with Crippen molar-refractivity contribution in [3.8, 4) is 0 Å². The van der Waals surface area contributed by atoms with E-state index in [2.05, 4.69) is 5.32 Å². The van der Waals surface area contributed by atoms with E-state index in [4.69, 9.17) is 27.5 Å². The van der Waals surface area contributed by atoms with Crippen LogP contribution in [0.25, 0.3) is 0 Å². The van der Waals surface area contributed by atoms with Crippen molar-refractivity contribution >= 4 is 35.5 Å². The number of imide groups is 1. The van der Waals surface area contributed by atoms with Gasteiger partial charge in [-0.25, -0.2) is 9.69 Å². The van der Waals surface area contributed by atoms with Crippen molar-refractivity contribution in [1.29, 1.82) is 5.41 Å². The Bertz CT molecular complexity index is 1190. The third-order valence-corrected chi connectivity index (χ3v) is 7.14. The summed E-state index contributed by atoms with van der Waals surface area (Å²) >= 11 is 6.04. The molecule has 9 nitrogen and oxygen atoms in total. The van der Waals surface area contributed by atoms with E-state index >= 15 is 0 Å². The molecule has 4 N–H and O–H groups in total. The van der Waals surface area contributed by atoms with E-state index in [0.717, 1.165) is 16.0 Å². The molecule has 3 amide bonds. The van der Waals surface area contributed by atoms with Gasteiger partial charge >= 0.3 is 6.09 Å². The zero-order chi connectivity index (χ0) is 28.7. The number of methoxy groups -OCH3 is 1. The molecule has 0 radical (unpaired) electrons. The van der Waals surface area contributed by atoms with Crippen LogP contribution < -0.4 is 11.1 Å². The lowest BCUT2D eigenvalue weighted by Gasteiger charge is -2.30. The van der Waals surface area contributed by atoms with Gasteiger partial charge in [-0.05, 0) is 61.8 Å². The molecule has 2 aromatic rings. The van der Waals surface area contributed by atoms with E-state index in [1.54, 1.807) is 25.1 Å². The summed E-state index contributed by atoms with van der Waals surface area (Å²) in [7, 11) is 1.21. The Morgan fingerprint density at radius 2 is 1.85 bits per heavy atom. The second-order valence-electron chi connectivity index (χ2n) is 10.4. The Morgan fingerprint density at radius 1 is 1.15 bits per heavy atom. The third-order valence-electron chi connectivity index (χ3n) is 6.91. The molecule has 1 aliphatic rings. The van der Waals surface area contributed by atoms with E-state index in [-0.39, 0.29) is 30.8 Å². The van der Waals surface area contributed by atoms with E-state index < -0.39 is 29.6 Å². The minimum atomic E-state index is -1.00. The zero-order valence-corrected chi connectivity index (χ0v) is 23.7. The normalized spacial score (nSPS) is 18.6. The minimum absolute atomic E-state index is 0.0431. The molecule has 210 valence electrons. The Kier molecular flexibility index (Phi) is 10.1. The monoisotopic (exact) mass is 555 g/mol. The van der Waals surface area contributed by atoms with Crippen LogP contribution in [0, 0.1) is 11.3 Å². The van der Waals surface area contributed by atoms with Crippen LogP contribution in [0.2, 0.25) is 5.02 Å². The predicted molar refractivity (Wildman–Crippen MR) is 151 cm³/mol. The minimum Gasteiger partial charge on any atom is -0.452 e. The number of carbonyl (C=O) groups is 3. The van der Waals surface area contributed by atoms with Crippen LogP contribution >= 0.6 is 11.6 Å². The Balaban J connectivity index is 1.68. The summed E-state index contributed by atoms with van der Waals surface area (Å²) in [6, 6.07) is 15.0. The van der Waals surface area contributed by atoms with Gasteiger partial charge in [-0.15, -0.1) is 0 Å². The summed E-state index contributed by atoms with van der Waals surface area (Å²) in [6.07, 6.45) is 0.807. The quantitative estimate of drug-likeness (QED) is 0.379. The summed E-state index contributed by atoms with van der Waals surface area (Å²) in [5.74, 6) is -0.475. The molecule has 1 fully saturated rings. The average molecular weight is 556 g/mol. The first kappa shape index (κ1) is 30.1. The van der Waals surface area contributed by atoms with Gasteiger partial charge in [-0.3, -0.25) is 19.9 Å². The van der Waals surface area contributed by atoms with E-state index in [0.29, 0.717) is 24.3 Å². The van der Waals surface area contributed by atoms with Gasteiger partial charge in [-0.1, -0.05) is 67.9 Å². The maximum atomic E-state index is 13.7. The number of carbonyl (C=O) groups excluding carboxylic acids is 3. The van der Waals surface area contributed by atoms with Gasteiger partial charge < -0.3 is 15.8 Å². The lowest BCUT2D eigenvalue weighted by Crippen LogP contribution is -2.51. The number of hydrogen-bond acceptors (Lipinski definition) is 6. The second kappa shape index (κ2) is 13.1. The maximum Gasteiger partial charge on any atom is 0.416 e. The number of benzene rings is 2. The topological polar surface area (TPSA) is 129 Å². The highest BCUT2D eigenvalue weighted by Gasteiger charge is 2.50. The molecular weight excluding hydrogens is 518 g/mol. The molecule has 1 heterocycles. The number of rotatable bonds is 11. The van der Waals surface area contributed by atoms with Crippen molar-refractivity contribution in [3.63, 3.8) is 0 Å². The van der Waals surface area contributed by atoms with E-state index in [1.807, 2.05) is 50.2 Å². The highest BCUT2D eigenvalue weighted by Crippen LogP contribution is 2.35. The molecule has 39 heavy (non-hydrogen) atoms. The fourth-order valence-electron chi connectivity index (χ4n) is 5.10. The molecular formula is C29H38ClN5O4. The molecule has 3 atom stereocenters. The van der Waals surface area contributed by atoms with Crippen molar-refractivity contribution < 1.29 is 19.1 Å². The van der Waals surface area contributed by atoms with Crippen molar-refractivity contribution in [2.24, 2.45) is 11.7 Å². The van der Waals surface area contributed by atoms with Crippen LogP contribution in [0.3, 0.4) is 0 Å². The van der Waals surface area contributed by atoms with Crippen molar-refractivity contribution in [1.82, 2.24) is 15.1 Å².